The lowest BCUT2D eigenvalue weighted by Gasteiger charge is -2.36. The van der Waals surface area contributed by atoms with E-state index < -0.39 is 0 Å². The predicted octanol–water partition coefficient (Wildman–Crippen LogP) is 3.43. The second-order valence-electron chi connectivity index (χ2n) is 8.46. The Bertz CT molecular complexity index is 904. The Hall–Kier alpha value is -2.41. The summed E-state index contributed by atoms with van der Waals surface area (Å²) in [5, 5.41) is 0.829. The van der Waals surface area contributed by atoms with Crippen LogP contribution in [0.4, 0.5) is 4.39 Å². The van der Waals surface area contributed by atoms with E-state index in [1.165, 1.54) is 12.1 Å². The van der Waals surface area contributed by atoms with Crippen molar-refractivity contribution >= 4 is 22.7 Å². The molecule has 1 unspecified atom stereocenters. The van der Waals surface area contributed by atoms with Crippen LogP contribution in [-0.4, -0.2) is 66.5 Å². The number of carbonyl (C=O) groups excluding carboxylic acids is 2. The van der Waals surface area contributed by atoms with Crippen molar-refractivity contribution in [2.45, 2.75) is 32.1 Å². The maximum atomic E-state index is 13.4. The van der Waals surface area contributed by atoms with E-state index in [2.05, 4.69) is 4.98 Å². The van der Waals surface area contributed by atoms with Crippen LogP contribution in [0.15, 0.2) is 24.3 Å². The minimum Gasteiger partial charge on any atom is -0.383 e. The Labute approximate surface area is 176 Å². The minimum absolute atomic E-state index is 0.0534. The molecule has 0 saturated carbocycles. The third-order valence-corrected chi connectivity index (χ3v) is 6.60. The van der Waals surface area contributed by atoms with Gasteiger partial charge < -0.3 is 19.5 Å². The molecule has 1 aromatic heterocycles. The summed E-state index contributed by atoms with van der Waals surface area (Å²) in [4.78, 5) is 32.9. The zero-order chi connectivity index (χ0) is 21.1. The lowest BCUT2D eigenvalue weighted by Crippen LogP contribution is -2.44. The number of piperidine rings is 1. The normalized spacial score (nSPS) is 21.3. The largest absolute Gasteiger partial charge is 0.383 e. The number of nitrogens with zero attached hydrogens (tertiary/aromatic N) is 2. The highest BCUT2D eigenvalue weighted by atomic mass is 19.1. The first-order chi connectivity index (χ1) is 14.6. The number of hydrogen-bond donors (Lipinski definition) is 1. The Morgan fingerprint density at radius 3 is 2.73 bits per heavy atom. The SMILES string of the molecule is COCCN1CCCCC(C2CCN(C(=O)c3cc4ccc(F)cc4[nH]3)CC2)C1=O. The van der Waals surface area contributed by atoms with Crippen molar-refractivity contribution in [2.24, 2.45) is 11.8 Å². The molecule has 2 amide bonds. The van der Waals surface area contributed by atoms with Crippen LogP contribution in [0.2, 0.25) is 0 Å². The van der Waals surface area contributed by atoms with Crippen molar-refractivity contribution in [3.8, 4) is 0 Å². The summed E-state index contributed by atoms with van der Waals surface area (Å²) < 4.78 is 18.6. The Morgan fingerprint density at radius 1 is 1.17 bits per heavy atom. The molecule has 2 aromatic rings. The second kappa shape index (κ2) is 9.16. The first-order valence-corrected chi connectivity index (χ1v) is 10.9. The van der Waals surface area contributed by atoms with E-state index in [-0.39, 0.29) is 23.5 Å². The highest BCUT2D eigenvalue weighted by Gasteiger charge is 2.36. The fourth-order valence-electron chi connectivity index (χ4n) is 4.89. The van der Waals surface area contributed by atoms with E-state index in [1.807, 2.05) is 9.80 Å². The number of aromatic amines is 1. The molecule has 0 aliphatic carbocycles. The first-order valence-electron chi connectivity index (χ1n) is 10.9. The molecule has 2 aliphatic rings. The number of likely N-dealkylation sites (tertiary alicyclic amines) is 2. The van der Waals surface area contributed by atoms with Gasteiger partial charge in [0.1, 0.15) is 11.5 Å². The number of hydrogen-bond acceptors (Lipinski definition) is 3. The number of ether oxygens (including phenoxy) is 1. The molecule has 162 valence electrons. The number of carbonyl (C=O) groups is 2. The van der Waals surface area contributed by atoms with E-state index in [9.17, 15) is 14.0 Å². The second-order valence-corrected chi connectivity index (χ2v) is 8.46. The van der Waals surface area contributed by atoms with Crippen LogP contribution in [-0.2, 0) is 9.53 Å². The van der Waals surface area contributed by atoms with Crippen molar-refractivity contribution in [2.75, 3.05) is 39.9 Å². The Morgan fingerprint density at radius 2 is 1.97 bits per heavy atom. The standard InChI is InChI=1S/C23H30FN3O3/c1-30-13-12-26-9-3-2-4-19(22(26)28)16-7-10-27(11-8-16)23(29)21-14-17-5-6-18(24)15-20(17)25-21/h5-6,14-16,19,25H,2-4,7-13H2,1H3. The van der Waals surface area contributed by atoms with Crippen LogP contribution in [0, 0.1) is 17.7 Å². The molecule has 1 aromatic carbocycles. The molecular weight excluding hydrogens is 385 g/mol. The molecule has 6 nitrogen and oxygen atoms in total. The van der Waals surface area contributed by atoms with Gasteiger partial charge in [-0.05, 0) is 55.9 Å². The minimum atomic E-state index is -0.322. The molecular formula is C23H30FN3O3. The van der Waals surface area contributed by atoms with Crippen LogP contribution >= 0.6 is 0 Å². The molecule has 7 heteroatoms. The number of halogens is 1. The van der Waals surface area contributed by atoms with Gasteiger partial charge in [-0.25, -0.2) is 4.39 Å². The summed E-state index contributed by atoms with van der Waals surface area (Å²) in [6.07, 6.45) is 4.74. The summed E-state index contributed by atoms with van der Waals surface area (Å²) in [5.41, 5.74) is 1.12. The van der Waals surface area contributed by atoms with Gasteiger partial charge in [-0.2, -0.15) is 0 Å². The molecule has 4 rings (SSSR count). The van der Waals surface area contributed by atoms with Gasteiger partial charge in [0.2, 0.25) is 5.91 Å². The fourth-order valence-corrected chi connectivity index (χ4v) is 4.89. The third kappa shape index (κ3) is 4.36. The number of methoxy groups -OCH3 is 1. The average Bonchev–Trinajstić information content (AvgIpc) is 3.09. The van der Waals surface area contributed by atoms with Crippen molar-refractivity contribution in [1.29, 1.82) is 0 Å². The predicted molar refractivity (Wildman–Crippen MR) is 113 cm³/mol. The van der Waals surface area contributed by atoms with Gasteiger partial charge in [-0.15, -0.1) is 0 Å². The molecule has 30 heavy (non-hydrogen) atoms. The van der Waals surface area contributed by atoms with Gasteiger partial charge in [-0.1, -0.05) is 6.42 Å². The van der Waals surface area contributed by atoms with Gasteiger partial charge >= 0.3 is 0 Å². The van der Waals surface area contributed by atoms with Gasteiger partial charge in [0.25, 0.3) is 5.91 Å². The maximum absolute atomic E-state index is 13.4. The van der Waals surface area contributed by atoms with Crippen molar-refractivity contribution in [3.05, 3.63) is 35.8 Å². The lowest BCUT2D eigenvalue weighted by atomic mass is 9.81. The van der Waals surface area contributed by atoms with Crippen LogP contribution in [0.25, 0.3) is 10.9 Å². The van der Waals surface area contributed by atoms with Gasteiger partial charge in [0.15, 0.2) is 0 Å². The summed E-state index contributed by atoms with van der Waals surface area (Å²) in [6.45, 7) is 3.34. The topological polar surface area (TPSA) is 65.6 Å². The summed E-state index contributed by atoms with van der Waals surface area (Å²) in [7, 11) is 1.66. The third-order valence-electron chi connectivity index (χ3n) is 6.60. The number of fused-ring (bicyclic) bond motifs is 1. The Balaban J connectivity index is 1.38. The maximum Gasteiger partial charge on any atom is 0.270 e. The zero-order valence-electron chi connectivity index (χ0n) is 17.5. The molecule has 0 bridgehead atoms. The van der Waals surface area contributed by atoms with Crippen molar-refractivity contribution in [1.82, 2.24) is 14.8 Å². The van der Waals surface area contributed by atoms with E-state index in [4.69, 9.17) is 4.74 Å². The summed E-state index contributed by atoms with van der Waals surface area (Å²) >= 11 is 0. The molecule has 0 radical (unpaired) electrons. The zero-order valence-corrected chi connectivity index (χ0v) is 17.5. The quantitative estimate of drug-likeness (QED) is 0.814. The molecule has 2 fully saturated rings. The molecule has 2 saturated heterocycles. The van der Waals surface area contributed by atoms with E-state index in [0.717, 1.165) is 44.0 Å². The van der Waals surface area contributed by atoms with Gasteiger partial charge in [0.05, 0.1) is 6.61 Å². The van der Waals surface area contributed by atoms with E-state index >= 15 is 0 Å². The number of aromatic nitrogens is 1. The number of nitrogens with one attached hydrogen (secondary N) is 1. The Kier molecular flexibility index (Phi) is 6.37. The molecule has 2 aliphatic heterocycles. The number of rotatable bonds is 5. The van der Waals surface area contributed by atoms with Crippen LogP contribution in [0.1, 0.15) is 42.6 Å². The number of H-pyrrole nitrogens is 1. The first kappa shape index (κ1) is 20.8. The van der Waals surface area contributed by atoms with Crippen LogP contribution in [0.5, 0.6) is 0 Å². The summed E-state index contributed by atoms with van der Waals surface area (Å²) in [6, 6.07) is 6.27. The highest BCUT2D eigenvalue weighted by molar-refractivity contribution is 5.98. The van der Waals surface area contributed by atoms with Gasteiger partial charge in [-0.3, -0.25) is 9.59 Å². The monoisotopic (exact) mass is 415 g/mol. The number of amides is 2. The molecule has 3 heterocycles. The van der Waals surface area contributed by atoms with Crippen LogP contribution < -0.4 is 0 Å². The molecule has 1 N–H and O–H groups in total. The number of benzene rings is 1. The van der Waals surface area contributed by atoms with E-state index in [0.29, 0.717) is 43.4 Å². The fraction of sp³-hybridized carbons (Fsp3) is 0.565. The average molecular weight is 416 g/mol. The lowest BCUT2D eigenvalue weighted by molar-refractivity contribution is -0.137. The smallest absolute Gasteiger partial charge is 0.270 e. The molecule has 1 atom stereocenters. The van der Waals surface area contributed by atoms with Crippen molar-refractivity contribution in [3.63, 3.8) is 0 Å². The van der Waals surface area contributed by atoms with Gasteiger partial charge in [0, 0.05) is 50.1 Å². The van der Waals surface area contributed by atoms with Crippen LogP contribution in [0.3, 0.4) is 0 Å². The highest BCUT2D eigenvalue weighted by Crippen LogP contribution is 2.32. The molecule has 0 spiro atoms. The van der Waals surface area contributed by atoms with Crippen molar-refractivity contribution < 1.29 is 18.7 Å². The summed E-state index contributed by atoms with van der Waals surface area (Å²) in [5.74, 6) is 0.252. The van der Waals surface area contributed by atoms with E-state index in [1.54, 1.807) is 19.2 Å².